The van der Waals surface area contributed by atoms with Gasteiger partial charge in [0.25, 0.3) is 0 Å². The molecule has 0 radical (unpaired) electrons. The van der Waals surface area contributed by atoms with Crippen molar-refractivity contribution in [2.75, 3.05) is 11.1 Å². The third kappa shape index (κ3) is 2.27. The van der Waals surface area contributed by atoms with Gasteiger partial charge in [0.1, 0.15) is 0 Å². The summed E-state index contributed by atoms with van der Waals surface area (Å²) >= 11 is 0. The molecule has 0 saturated carbocycles. The number of rotatable bonds is 4. The first kappa shape index (κ1) is 12.4. The summed E-state index contributed by atoms with van der Waals surface area (Å²) in [5, 5.41) is 11.1. The molecule has 0 saturated heterocycles. The van der Waals surface area contributed by atoms with Gasteiger partial charge >= 0.3 is 0 Å². The normalized spacial score (nSPS) is 10.8. The number of aromatic nitrogens is 4. The Balaban J connectivity index is 1.79. The lowest BCUT2D eigenvalue weighted by atomic mass is 10.1. The Morgan fingerprint density at radius 2 is 1.90 bits per heavy atom. The summed E-state index contributed by atoms with van der Waals surface area (Å²) < 4.78 is 1.70. The van der Waals surface area contributed by atoms with Gasteiger partial charge in [-0.25, -0.2) is 4.98 Å². The van der Waals surface area contributed by atoms with E-state index in [4.69, 9.17) is 5.73 Å². The zero-order valence-corrected chi connectivity index (χ0v) is 11.2. The van der Waals surface area contributed by atoms with Gasteiger partial charge in [0.15, 0.2) is 5.82 Å². The van der Waals surface area contributed by atoms with Gasteiger partial charge in [-0.3, -0.25) is 4.40 Å². The number of hydrogen-bond donors (Lipinski definition) is 2. The van der Waals surface area contributed by atoms with Gasteiger partial charge in [-0.15, -0.1) is 10.2 Å². The van der Waals surface area contributed by atoms with Crippen LogP contribution in [0.4, 0.5) is 11.8 Å². The predicted octanol–water partition coefficient (Wildman–Crippen LogP) is 1.88. The average Bonchev–Trinajstić information content (AvgIpc) is 2.88. The number of nitrogens with one attached hydrogen (secondary N) is 1. The standard InChI is InChI=1S/C14H16N6/c1-2-10-3-5-11(6-4-10)9-17-12-13-18-19-14(15)20(13)8-7-16-12/h3-8H,2,9H2,1H3,(H2,15,19)(H,16,17). The Morgan fingerprint density at radius 1 is 1.15 bits per heavy atom. The Hall–Kier alpha value is -2.63. The fraction of sp³-hybridized carbons (Fsp3) is 0.214. The number of fused-ring (bicyclic) bond motifs is 1. The number of benzene rings is 1. The van der Waals surface area contributed by atoms with E-state index in [-0.39, 0.29) is 0 Å². The van der Waals surface area contributed by atoms with Crippen LogP contribution >= 0.6 is 0 Å². The van der Waals surface area contributed by atoms with Crippen LogP contribution in [0.2, 0.25) is 0 Å². The van der Waals surface area contributed by atoms with Crippen molar-refractivity contribution in [1.29, 1.82) is 0 Å². The first-order valence-electron chi connectivity index (χ1n) is 6.55. The minimum atomic E-state index is 0.359. The van der Waals surface area contributed by atoms with Crippen molar-refractivity contribution >= 4 is 17.4 Å². The van der Waals surface area contributed by atoms with Crippen molar-refractivity contribution in [3.63, 3.8) is 0 Å². The number of nitrogens with two attached hydrogens (primary N) is 1. The van der Waals surface area contributed by atoms with Crippen molar-refractivity contribution in [2.45, 2.75) is 19.9 Å². The Kier molecular flexibility index (Phi) is 3.20. The van der Waals surface area contributed by atoms with Gasteiger partial charge < -0.3 is 11.1 Å². The minimum absolute atomic E-state index is 0.359. The molecule has 0 aliphatic heterocycles. The maximum atomic E-state index is 5.72. The van der Waals surface area contributed by atoms with Crippen molar-refractivity contribution < 1.29 is 0 Å². The second kappa shape index (κ2) is 5.16. The van der Waals surface area contributed by atoms with Gasteiger partial charge in [0, 0.05) is 18.9 Å². The molecule has 0 fully saturated rings. The maximum absolute atomic E-state index is 5.72. The monoisotopic (exact) mass is 268 g/mol. The van der Waals surface area contributed by atoms with E-state index < -0.39 is 0 Å². The van der Waals surface area contributed by atoms with Crippen LogP contribution in [-0.2, 0) is 13.0 Å². The Bertz CT molecular complexity index is 716. The van der Waals surface area contributed by atoms with E-state index in [0.717, 1.165) is 6.42 Å². The van der Waals surface area contributed by atoms with Crippen LogP contribution < -0.4 is 11.1 Å². The lowest BCUT2D eigenvalue weighted by Gasteiger charge is -2.07. The van der Waals surface area contributed by atoms with Crippen LogP contribution in [0, 0.1) is 0 Å². The maximum Gasteiger partial charge on any atom is 0.226 e. The van der Waals surface area contributed by atoms with Gasteiger partial charge in [0.05, 0.1) is 0 Å². The number of nitrogen functional groups attached to an aromatic ring is 1. The second-order valence-corrected chi connectivity index (χ2v) is 4.55. The summed E-state index contributed by atoms with van der Waals surface area (Å²) in [5.74, 6) is 1.04. The topological polar surface area (TPSA) is 81.1 Å². The highest BCUT2D eigenvalue weighted by molar-refractivity contribution is 5.63. The molecule has 0 aliphatic rings. The third-order valence-electron chi connectivity index (χ3n) is 3.24. The predicted molar refractivity (Wildman–Crippen MR) is 78.3 cm³/mol. The molecule has 0 aliphatic carbocycles. The van der Waals surface area contributed by atoms with Crippen molar-refractivity contribution in [3.05, 3.63) is 47.8 Å². The molecular formula is C14H16N6. The van der Waals surface area contributed by atoms with Crippen LogP contribution in [-0.4, -0.2) is 19.6 Å². The van der Waals surface area contributed by atoms with Crippen molar-refractivity contribution in [2.24, 2.45) is 0 Å². The third-order valence-corrected chi connectivity index (χ3v) is 3.24. The average molecular weight is 268 g/mol. The largest absolute Gasteiger partial charge is 0.368 e. The number of aryl methyl sites for hydroxylation is 1. The molecule has 2 aromatic heterocycles. The van der Waals surface area contributed by atoms with Crippen LogP contribution in [0.25, 0.3) is 5.65 Å². The fourth-order valence-corrected chi connectivity index (χ4v) is 2.05. The molecule has 6 heteroatoms. The summed E-state index contributed by atoms with van der Waals surface area (Å²) in [4.78, 5) is 4.28. The highest BCUT2D eigenvalue weighted by atomic mass is 15.3. The van der Waals surface area contributed by atoms with Crippen molar-refractivity contribution in [1.82, 2.24) is 19.6 Å². The summed E-state index contributed by atoms with van der Waals surface area (Å²) in [6, 6.07) is 8.51. The Labute approximate surface area is 116 Å². The number of hydrogen-bond acceptors (Lipinski definition) is 5. The van der Waals surface area contributed by atoms with Crippen LogP contribution in [0.1, 0.15) is 18.1 Å². The van der Waals surface area contributed by atoms with Gasteiger partial charge in [-0.05, 0) is 17.5 Å². The zero-order chi connectivity index (χ0) is 13.9. The first-order valence-corrected chi connectivity index (χ1v) is 6.55. The molecule has 102 valence electrons. The van der Waals surface area contributed by atoms with Crippen LogP contribution in [0.15, 0.2) is 36.7 Å². The fourth-order valence-electron chi connectivity index (χ4n) is 2.05. The number of anilines is 2. The second-order valence-electron chi connectivity index (χ2n) is 4.55. The quantitative estimate of drug-likeness (QED) is 0.755. The number of nitrogens with zero attached hydrogens (tertiary/aromatic N) is 4. The highest BCUT2D eigenvalue weighted by Gasteiger charge is 2.07. The molecule has 3 aromatic rings. The molecule has 20 heavy (non-hydrogen) atoms. The highest BCUT2D eigenvalue weighted by Crippen LogP contribution is 2.14. The summed E-state index contributed by atoms with van der Waals surface area (Å²) in [6.45, 7) is 2.83. The van der Waals surface area contributed by atoms with E-state index in [1.165, 1.54) is 11.1 Å². The summed E-state index contributed by atoms with van der Waals surface area (Å²) in [6.07, 6.45) is 4.47. The van der Waals surface area contributed by atoms with E-state index in [0.29, 0.717) is 24.0 Å². The lowest BCUT2D eigenvalue weighted by Crippen LogP contribution is -2.04. The van der Waals surface area contributed by atoms with Gasteiger partial charge in [-0.1, -0.05) is 31.2 Å². The minimum Gasteiger partial charge on any atom is -0.368 e. The molecule has 0 atom stereocenters. The van der Waals surface area contributed by atoms with Crippen LogP contribution in [0.5, 0.6) is 0 Å². The first-order chi connectivity index (χ1) is 9.78. The van der Waals surface area contributed by atoms with Crippen molar-refractivity contribution in [3.8, 4) is 0 Å². The summed E-state index contributed by atoms with van der Waals surface area (Å²) in [7, 11) is 0. The van der Waals surface area contributed by atoms with E-state index in [1.54, 1.807) is 16.8 Å². The van der Waals surface area contributed by atoms with Crippen LogP contribution in [0.3, 0.4) is 0 Å². The molecule has 3 rings (SSSR count). The molecule has 1 aromatic carbocycles. The van der Waals surface area contributed by atoms with Gasteiger partial charge in [-0.2, -0.15) is 0 Å². The smallest absolute Gasteiger partial charge is 0.226 e. The van der Waals surface area contributed by atoms with Gasteiger partial charge in [0.2, 0.25) is 11.6 Å². The van der Waals surface area contributed by atoms with E-state index >= 15 is 0 Å². The Morgan fingerprint density at radius 3 is 2.65 bits per heavy atom. The van der Waals surface area contributed by atoms with E-state index in [9.17, 15) is 0 Å². The molecule has 3 N–H and O–H groups in total. The summed E-state index contributed by atoms with van der Waals surface area (Å²) in [5.41, 5.74) is 8.88. The molecule has 6 nitrogen and oxygen atoms in total. The lowest BCUT2D eigenvalue weighted by molar-refractivity contribution is 1.06. The van der Waals surface area contributed by atoms with E-state index in [2.05, 4.69) is 51.7 Å². The molecule has 2 heterocycles. The molecular weight excluding hydrogens is 252 g/mol. The molecule has 0 spiro atoms. The SMILES string of the molecule is CCc1ccc(CNc2nccn3c(N)nnc23)cc1. The zero-order valence-electron chi connectivity index (χ0n) is 11.2. The molecule has 0 amide bonds. The molecule has 0 unspecified atom stereocenters. The molecule has 0 bridgehead atoms. The van der Waals surface area contributed by atoms with E-state index in [1.807, 2.05) is 0 Å².